The third-order valence-corrected chi connectivity index (χ3v) is 3.70. The molecule has 1 N–H and O–H groups in total. The smallest absolute Gasteiger partial charge is 0.406 e. The first-order valence-electron chi connectivity index (χ1n) is 6.98. The molecular weight excluding hydrogens is 258 g/mol. The Hall–Kier alpha value is -2.11. The number of carbonyl (C=O) groups excluding carboxylic acids is 1. The number of hydrogen-bond donors (Lipinski definition) is 1. The minimum atomic E-state index is -0.544. The topological polar surface area (TPSA) is 77.1 Å². The van der Waals surface area contributed by atoms with Crippen molar-refractivity contribution in [2.24, 2.45) is 0 Å². The van der Waals surface area contributed by atoms with Gasteiger partial charge in [-0.3, -0.25) is 4.79 Å². The lowest BCUT2D eigenvalue weighted by atomic mass is 9.95. The Bertz CT molecular complexity index is 668. The fourth-order valence-electron chi connectivity index (χ4n) is 2.70. The van der Waals surface area contributed by atoms with Crippen molar-refractivity contribution in [1.29, 1.82) is 0 Å². The van der Waals surface area contributed by atoms with E-state index in [4.69, 9.17) is 4.42 Å². The summed E-state index contributed by atoms with van der Waals surface area (Å²) in [5.41, 5.74) is 0.819. The van der Waals surface area contributed by atoms with E-state index in [-0.39, 0.29) is 18.5 Å². The van der Waals surface area contributed by atoms with Crippen LogP contribution in [0.25, 0.3) is 11.2 Å². The van der Waals surface area contributed by atoms with Gasteiger partial charge in [0.25, 0.3) is 0 Å². The lowest BCUT2D eigenvalue weighted by molar-refractivity contribution is -0.122. The van der Waals surface area contributed by atoms with Gasteiger partial charge in [0.05, 0.1) is 0 Å². The number of pyridine rings is 1. The summed E-state index contributed by atoms with van der Waals surface area (Å²) in [6.07, 6.45) is 7.16. The predicted octanol–water partition coefficient (Wildman–Crippen LogP) is 1.44. The summed E-state index contributed by atoms with van der Waals surface area (Å²) in [7, 11) is 0. The average Bonchev–Trinajstić information content (AvgIpc) is 2.76. The minimum Gasteiger partial charge on any atom is -0.406 e. The lowest BCUT2D eigenvalue weighted by Crippen LogP contribution is -2.39. The number of hydrogen-bond acceptors (Lipinski definition) is 4. The number of nitrogens with zero attached hydrogens (tertiary/aromatic N) is 2. The third kappa shape index (κ3) is 2.59. The van der Waals surface area contributed by atoms with E-state index in [2.05, 4.69) is 10.3 Å². The zero-order valence-corrected chi connectivity index (χ0v) is 11.2. The van der Waals surface area contributed by atoms with Gasteiger partial charge in [0.1, 0.15) is 6.54 Å². The van der Waals surface area contributed by atoms with Crippen molar-refractivity contribution in [3.63, 3.8) is 0 Å². The molecule has 1 amide bonds. The second kappa shape index (κ2) is 5.48. The Morgan fingerprint density at radius 2 is 2.20 bits per heavy atom. The van der Waals surface area contributed by atoms with Gasteiger partial charge >= 0.3 is 5.76 Å². The average molecular weight is 275 g/mol. The minimum absolute atomic E-state index is 0.0423. The number of oxazole rings is 1. The molecule has 3 rings (SSSR count). The molecule has 20 heavy (non-hydrogen) atoms. The number of fused-ring (bicyclic) bond motifs is 1. The summed E-state index contributed by atoms with van der Waals surface area (Å²) in [6, 6.07) is 3.59. The van der Waals surface area contributed by atoms with Gasteiger partial charge in [-0.2, -0.15) is 0 Å². The lowest BCUT2D eigenvalue weighted by Gasteiger charge is -2.22. The first-order valence-corrected chi connectivity index (χ1v) is 6.98. The molecule has 2 heterocycles. The molecule has 1 aliphatic carbocycles. The van der Waals surface area contributed by atoms with Crippen molar-refractivity contribution < 1.29 is 9.21 Å². The van der Waals surface area contributed by atoms with E-state index in [1.165, 1.54) is 11.0 Å². The quantitative estimate of drug-likeness (QED) is 0.919. The molecule has 0 bridgehead atoms. The van der Waals surface area contributed by atoms with Crippen LogP contribution >= 0.6 is 0 Å². The highest BCUT2D eigenvalue weighted by Gasteiger charge is 2.18. The fraction of sp³-hybridized carbons (Fsp3) is 0.500. The molecule has 0 radical (unpaired) electrons. The Labute approximate surface area is 115 Å². The van der Waals surface area contributed by atoms with Gasteiger partial charge in [-0.25, -0.2) is 14.3 Å². The second-order valence-corrected chi connectivity index (χ2v) is 5.18. The number of aromatic nitrogens is 2. The van der Waals surface area contributed by atoms with Gasteiger partial charge in [-0.1, -0.05) is 19.3 Å². The monoisotopic (exact) mass is 275 g/mol. The van der Waals surface area contributed by atoms with Crippen molar-refractivity contribution in [3.05, 3.63) is 28.9 Å². The molecule has 0 spiro atoms. The van der Waals surface area contributed by atoms with E-state index >= 15 is 0 Å². The Morgan fingerprint density at radius 3 is 3.00 bits per heavy atom. The third-order valence-electron chi connectivity index (χ3n) is 3.70. The molecule has 0 aliphatic heterocycles. The van der Waals surface area contributed by atoms with Gasteiger partial charge < -0.3 is 9.73 Å². The van der Waals surface area contributed by atoms with Crippen LogP contribution in [0, 0.1) is 0 Å². The van der Waals surface area contributed by atoms with Crippen LogP contribution < -0.4 is 11.1 Å². The van der Waals surface area contributed by atoms with Crippen LogP contribution in [0.4, 0.5) is 0 Å². The van der Waals surface area contributed by atoms with Crippen LogP contribution in [-0.2, 0) is 11.3 Å². The summed E-state index contributed by atoms with van der Waals surface area (Å²) >= 11 is 0. The van der Waals surface area contributed by atoms with Gasteiger partial charge in [-0.15, -0.1) is 0 Å². The first kappa shape index (κ1) is 12.9. The normalized spacial score (nSPS) is 16.4. The van der Waals surface area contributed by atoms with Crippen LogP contribution in [0.15, 0.2) is 27.5 Å². The maximum absolute atomic E-state index is 12.0. The number of nitrogens with one attached hydrogen (secondary N) is 1. The molecule has 6 nitrogen and oxygen atoms in total. The summed E-state index contributed by atoms with van der Waals surface area (Å²) in [5, 5.41) is 2.98. The molecular formula is C14H17N3O3. The van der Waals surface area contributed by atoms with Crippen LogP contribution in [0.1, 0.15) is 32.1 Å². The Kier molecular flexibility index (Phi) is 3.54. The van der Waals surface area contributed by atoms with E-state index in [9.17, 15) is 9.59 Å². The molecule has 106 valence electrons. The van der Waals surface area contributed by atoms with Crippen molar-refractivity contribution in [2.75, 3.05) is 0 Å². The van der Waals surface area contributed by atoms with Crippen molar-refractivity contribution in [1.82, 2.24) is 14.9 Å². The molecule has 2 aromatic heterocycles. The van der Waals surface area contributed by atoms with Gasteiger partial charge in [-0.05, 0) is 25.0 Å². The highest BCUT2D eigenvalue weighted by atomic mass is 16.4. The highest BCUT2D eigenvalue weighted by molar-refractivity contribution is 5.78. The van der Waals surface area contributed by atoms with Crippen LogP contribution in [0.3, 0.4) is 0 Å². The molecule has 1 fully saturated rings. The Morgan fingerprint density at radius 1 is 1.40 bits per heavy atom. The molecule has 0 unspecified atom stereocenters. The molecule has 1 saturated carbocycles. The molecule has 1 aliphatic rings. The van der Waals surface area contributed by atoms with E-state index < -0.39 is 5.76 Å². The fourth-order valence-corrected chi connectivity index (χ4v) is 2.70. The van der Waals surface area contributed by atoms with Crippen LogP contribution in [-0.4, -0.2) is 21.5 Å². The number of rotatable bonds is 3. The molecule has 0 aromatic carbocycles. The van der Waals surface area contributed by atoms with Crippen LogP contribution in [0.2, 0.25) is 0 Å². The van der Waals surface area contributed by atoms with Gasteiger partial charge in [0, 0.05) is 12.2 Å². The van der Waals surface area contributed by atoms with E-state index in [1.807, 2.05) is 0 Å². The molecule has 0 saturated heterocycles. The standard InChI is InChI=1S/C14H17N3O3/c18-12(16-10-5-2-1-3-6-10)9-17-13-11(20-14(17)19)7-4-8-15-13/h4,7-8,10H,1-3,5-6,9H2,(H,16,18). The van der Waals surface area contributed by atoms with Crippen molar-refractivity contribution >= 4 is 17.1 Å². The summed E-state index contributed by atoms with van der Waals surface area (Å²) in [4.78, 5) is 27.9. The molecule has 0 atom stereocenters. The summed E-state index contributed by atoms with van der Waals surface area (Å²) in [6.45, 7) is -0.0423. The van der Waals surface area contributed by atoms with E-state index in [0.29, 0.717) is 11.2 Å². The van der Waals surface area contributed by atoms with E-state index in [0.717, 1.165) is 25.7 Å². The SMILES string of the molecule is O=C(Cn1c(=O)oc2cccnc21)NC1CCCCC1. The largest absolute Gasteiger partial charge is 0.421 e. The summed E-state index contributed by atoms with van der Waals surface area (Å²) in [5.74, 6) is -0.704. The predicted molar refractivity (Wildman–Crippen MR) is 73.3 cm³/mol. The summed E-state index contributed by atoms with van der Waals surface area (Å²) < 4.78 is 6.33. The Balaban J connectivity index is 1.74. The zero-order valence-electron chi connectivity index (χ0n) is 11.2. The molecule has 6 heteroatoms. The second-order valence-electron chi connectivity index (χ2n) is 5.18. The first-order chi connectivity index (χ1) is 9.74. The van der Waals surface area contributed by atoms with E-state index in [1.54, 1.807) is 18.3 Å². The zero-order chi connectivity index (χ0) is 13.9. The number of amides is 1. The highest BCUT2D eigenvalue weighted by Crippen LogP contribution is 2.17. The maximum Gasteiger partial charge on any atom is 0.421 e. The maximum atomic E-state index is 12.0. The molecule has 2 aromatic rings. The van der Waals surface area contributed by atoms with Crippen molar-refractivity contribution in [2.45, 2.75) is 44.7 Å². The van der Waals surface area contributed by atoms with Gasteiger partial charge in [0.2, 0.25) is 5.91 Å². The van der Waals surface area contributed by atoms with Gasteiger partial charge in [0.15, 0.2) is 11.2 Å². The van der Waals surface area contributed by atoms with Crippen LogP contribution in [0.5, 0.6) is 0 Å². The number of carbonyl (C=O) groups is 1. The van der Waals surface area contributed by atoms with Crippen molar-refractivity contribution in [3.8, 4) is 0 Å².